The van der Waals surface area contributed by atoms with Crippen molar-refractivity contribution in [1.82, 2.24) is 0 Å². The van der Waals surface area contributed by atoms with E-state index in [1.54, 1.807) is 0 Å². The largest absolute Gasteiger partial charge is 0.581 e. The minimum atomic E-state index is 0.187. The van der Waals surface area contributed by atoms with Gasteiger partial charge in [0.15, 0.2) is 0 Å². The van der Waals surface area contributed by atoms with Crippen molar-refractivity contribution >= 4 is 0 Å². The van der Waals surface area contributed by atoms with E-state index in [0.717, 1.165) is 0 Å². The highest BCUT2D eigenvalue weighted by Gasteiger charge is 2.06. The van der Waals surface area contributed by atoms with Gasteiger partial charge in [-0.2, -0.15) is 0 Å². The van der Waals surface area contributed by atoms with Gasteiger partial charge in [-0.1, -0.05) is 21.0 Å². The minimum Gasteiger partial charge on any atom is -0.581 e. The first-order valence-corrected chi connectivity index (χ1v) is 2.86. The maximum absolute atomic E-state index is 5.59. The van der Waals surface area contributed by atoms with E-state index < -0.39 is 0 Å². The van der Waals surface area contributed by atoms with Crippen molar-refractivity contribution in [1.29, 1.82) is 0 Å². The molecular formula is C6H15NO. The van der Waals surface area contributed by atoms with Crippen LogP contribution in [-0.4, -0.2) is 17.4 Å². The molecule has 0 spiro atoms. The lowest BCUT2D eigenvalue weighted by Gasteiger charge is -2.12. The van der Waals surface area contributed by atoms with Gasteiger partial charge in [0, 0.05) is 0 Å². The van der Waals surface area contributed by atoms with E-state index in [0.29, 0.717) is 12.5 Å². The van der Waals surface area contributed by atoms with Gasteiger partial charge >= 0.3 is 0 Å². The highest BCUT2D eigenvalue weighted by atomic mass is 16.5. The highest BCUT2D eigenvalue weighted by Crippen LogP contribution is 1.96. The summed E-state index contributed by atoms with van der Waals surface area (Å²) < 4.78 is 3.68. The number of aliphatic hydroxyl groups is 2. The second-order valence-electron chi connectivity index (χ2n) is 2.31. The second-order valence-corrected chi connectivity index (χ2v) is 2.31. The van der Waals surface area contributed by atoms with Crippen LogP contribution in [0.25, 0.3) is 0 Å². The number of ether oxygens (including phenoxy) is 1. The molecule has 2 nitrogen and oxygen atoms in total. The van der Waals surface area contributed by atoms with E-state index in [1.165, 1.54) is 0 Å². The van der Waals surface area contributed by atoms with Crippen LogP contribution in [0.1, 0.15) is 13.8 Å². The first kappa shape index (κ1) is 7.92. The molecule has 0 saturated carbocycles. The molecule has 1 atom stereocenters. The Balaban J connectivity index is 3.17. The van der Waals surface area contributed by atoms with Gasteiger partial charge < -0.3 is 10.5 Å². The summed E-state index contributed by atoms with van der Waals surface area (Å²) in [6, 6.07) is 0.187. The Kier molecular flexibility index (Phi) is 3.83. The zero-order valence-electron chi connectivity index (χ0n) is 5.59. The van der Waals surface area contributed by atoms with Gasteiger partial charge in [0.2, 0.25) is 0 Å². The van der Waals surface area contributed by atoms with E-state index in [4.69, 9.17) is 5.73 Å². The first-order valence-electron chi connectivity index (χ1n) is 2.86. The molecule has 0 aliphatic rings. The summed E-state index contributed by atoms with van der Waals surface area (Å²) >= 11 is 0. The predicted molar refractivity (Wildman–Crippen MR) is 35.3 cm³/mol. The van der Waals surface area contributed by atoms with Crippen LogP contribution in [0.15, 0.2) is 0 Å². The van der Waals surface area contributed by atoms with Crippen LogP contribution in [0.4, 0.5) is 0 Å². The van der Waals surface area contributed by atoms with E-state index >= 15 is 0 Å². The normalized spacial score (nSPS) is 14.6. The monoisotopic (exact) mass is 117 g/mol. The van der Waals surface area contributed by atoms with Crippen LogP contribution in [-0.2, 0) is 0 Å². The molecule has 0 radical (unpaired) electrons. The number of hydrogen-bond acceptors (Lipinski definition) is 1. The maximum Gasteiger partial charge on any atom is 0.135 e. The minimum absolute atomic E-state index is 0.187. The molecule has 8 heavy (non-hydrogen) atoms. The smallest absolute Gasteiger partial charge is 0.135 e. The molecule has 0 aliphatic carbocycles. The summed E-state index contributed by atoms with van der Waals surface area (Å²) in [5.41, 5.74) is 5.59. The van der Waals surface area contributed by atoms with Crippen molar-refractivity contribution in [2.45, 2.75) is 19.9 Å². The molecule has 50 valence electrons. The van der Waals surface area contributed by atoms with Crippen LogP contribution in [0, 0.1) is 13.0 Å². The Bertz CT molecular complexity index is 54.5. The maximum atomic E-state index is 5.59. The highest BCUT2D eigenvalue weighted by molar-refractivity contribution is 4.62. The zero-order chi connectivity index (χ0) is 6.57. The van der Waals surface area contributed by atoms with E-state index in [9.17, 15) is 0 Å². The molecule has 0 amide bonds. The quantitative estimate of drug-likeness (QED) is 0.419. The molecule has 0 aliphatic heterocycles. The first-order chi connectivity index (χ1) is 3.68. The fourth-order valence-corrected chi connectivity index (χ4v) is 0.360. The average Bonchev–Trinajstić information content (AvgIpc) is 1.67. The molecule has 0 rings (SSSR count). The molecule has 0 saturated heterocycles. The van der Waals surface area contributed by atoms with Crippen LogP contribution in [0.2, 0.25) is 0 Å². The van der Waals surface area contributed by atoms with E-state index in [1.807, 2.05) is 0 Å². The Morgan fingerprint density at radius 3 is 2.25 bits per heavy atom. The van der Waals surface area contributed by atoms with Crippen molar-refractivity contribution in [3.63, 3.8) is 0 Å². The van der Waals surface area contributed by atoms with Gasteiger partial charge in [-0.25, -0.2) is 0 Å². The molecule has 0 aromatic heterocycles. The lowest BCUT2D eigenvalue weighted by Crippen LogP contribution is -2.31. The summed E-state index contributed by atoms with van der Waals surface area (Å²) in [5.74, 6) is 0.514. The molecule has 2 heteroatoms. The summed E-state index contributed by atoms with van der Waals surface area (Å²) in [6.07, 6.45) is 0. The van der Waals surface area contributed by atoms with Crippen molar-refractivity contribution in [2.24, 2.45) is 11.7 Å². The fraction of sp³-hybridized carbons (Fsp3) is 0.833. The lowest BCUT2D eigenvalue weighted by atomic mass is 10.1. The third kappa shape index (κ3) is 2.99. The van der Waals surface area contributed by atoms with Crippen LogP contribution < -0.4 is 5.73 Å². The standard InChI is InChI=1S/C6H15NO/c1-5(2)6(7)4-8-3/h5-6,8H,3-4,7H2,1-2H3. The van der Waals surface area contributed by atoms with E-state index in [-0.39, 0.29) is 6.04 Å². The predicted octanol–water partition coefficient (Wildman–Crippen LogP) is 0.289. The Morgan fingerprint density at radius 1 is 1.62 bits per heavy atom. The Labute approximate surface area is 51.0 Å². The molecule has 0 bridgehead atoms. The average molecular weight is 117 g/mol. The van der Waals surface area contributed by atoms with Crippen LogP contribution in [0.3, 0.4) is 0 Å². The third-order valence-electron chi connectivity index (χ3n) is 1.20. The van der Waals surface area contributed by atoms with Gasteiger partial charge in [-0.05, 0) is 5.92 Å². The zero-order valence-corrected chi connectivity index (χ0v) is 5.59. The van der Waals surface area contributed by atoms with Crippen molar-refractivity contribution in [3.8, 4) is 0 Å². The summed E-state index contributed by atoms with van der Waals surface area (Å²) in [6.45, 7) is 4.84. The number of rotatable bonds is 3. The Morgan fingerprint density at radius 2 is 2.12 bits per heavy atom. The molecule has 0 aromatic rings. The molecule has 0 aromatic carbocycles. The topological polar surface area (TPSA) is 38.8 Å². The number of hydrogen-bond donors (Lipinski definition) is 1. The van der Waals surface area contributed by atoms with Crippen molar-refractivity contribution in [2.75, 3.05) is 6.61 Å². The van der Waals surface area contributed by atoms with Gasteiger partial charge in [0.1, 0.15) is 6.61 Å². The number of nitrogens with two attached hydrogens (primary N) is 1. The summed E-state index contributed by atoms with van der Waals surface area (Å²) in [7, 11) is 3.35. The summed E-state index contributed by atoms with van der Waals surface area (Å²) in [5, 5.41) is 0. The lowest BCUT2D eigenvalue weighted by molar-refractivity contribution is 0.0360. The Hall–Kier alpha value is -0.0800. The van der Waals surface area contributed by atoms with Crippen LogP contribution in [0.5, 0.6) is 0 Å². The van der Waals surface area contributed by atoms with Crippen molar-refractivity contribution in [3.05, 3.63) is 7.11 Å². The van der Waals surface area contributed by atoms with Gasteiger partial charge in [-0.3, -0.25) is 0 Å². The van der Waals surface area contributed by atoms with Gasteiger partial charge in [0.25, 0.3) is 0 Å². The molecule has 3 N–H and O–H groups in total. The van der Waals surface area contributed by atoms with E-state index in [2.05, 4.69) is 25.7 Å². The van der Waals surface area contributed by atoms with Crippen LogP contribution >= 0.6 is 0 Å². The molecular weight excluding hydrogens is 102 g/mol. The molecule has 0 heterocycles. The molecule has 1 unspecified atom stereocenters. The molecule has 0 fully saturated rings. The second kappa shape index (κ2) is 3.87. The summed E-state index contributed by atoms with van der Waals surface area (Å²) in [4.78, 5) is 0. The third-order valence-corrected chi connectivity index (χ3v) is 1.20. The SMILES string of the molecule is [CH2-][OH+]CC(N)C(C)C. The fourth-order valence-electron chi connectivity index (χ4n) is 0.360. The van der Waals surface area contributed by atoms with Crippen molar-refractivity contribution < 1.29 is 4.74 Å². The van der Waals surface area contributed by atoms with Gasteiger partial charge in [0.05, 0.1) is 6.04 Å². The van der Waals surface area contributed by atoms with Gasteiger partial charge in [-0.15, -0.1) is 0 Å².